The van der Waals surface area contributed by atoms with Crippen LogP contribution in [0.1, 0.15) is 38.1 Å². The normalized spacial score (nSPS) is 23.1. The zero-order valence-electron chi connectivity index (χ0n) is 13.2. The molecule has 0 unspecified atom stereocenters. The standard InChI is InChI=1S/C17H26N2O3/c20-17(7-13-21-14-16-4-3-12-22-16)19-10-5-15(6-11-19)18-8-1-2-9-18/h1-2,8-9,15-16H,3-7,10-14H2/t16-/m0/s1. The van der Waals surface area contributed by atoms with Gasteiger partial charge in [0.05, 0.1) is 25.7 Å². The van der Waals surface area contributed by atoms with Gasteiger partial charge in [-0.25, -0.2) is 0 Å². The number of hydrogen-bond acceptors (Lipinski definition) is 3. The lowest BCUT2D eigenvalue weighted by molar-refractivity contribution is -0.133. The largest absolute Gasteiger partial charge is 0.378 e. The van der Waals surface area contributed by atoms with E-state index in [4.69, 9.17) is 9.47 Å². The first-order valence-electron chi connectivity index (χ1n) is 8.42. The molecule has 22 heavy (non-hydrogen) atoms. The van der Waals surface area contributed by atoms with Gasteiger partial charge in [-0.15, -0.1) is 0 Å². The number of likely N-dealkylation sites (tertiary alicyclic amines) is 1. The smallest absolute Gasteiger partial charge is 0.224 e. The molecule has 2 fully saturated rings. The molecule has 0 aromatic carbocycles. The molecule has 122 valence electrons. The van der Waals surface area contributed by atoms with Crippen molar-refractivity contribution in [2.24, 2.45) is 0 Å². The van der Waals surface area contributed by atoms with Crippen molar-refractivity contribution in [2.45, 2.75) is 44.2 Å². The molecule has 0 aliphatic carbocycles. The SMILES string of the molecule is O=C(CCOC[C@@H]1CCCO1)N1CCC(n2cccc2)CC1. The highest BCUT2D eigenvalue weighted by molar-refractivity contribution is 5.76. The maximum atomic E-state index is 12.2. The molecule has 1 atom stereocenters. The molecule has 2 aliphatic rings. The van der Waals surface area contributed by atoms with Crippen LogP contribution >= 0.6 is 0 Å². The van der Waals surface area contributed by atoms with Gasteiger partial charge in [0.15, 0.2) is 0 Å². The zero-order valence-corrected chi connectivity index (χ0v) is 13.2. The molecule has 0 N–H and O–H groups in total. The third-order valence-corrected chi connectivity index (χ3v) is 4.65. The van der Waals surface area contributed by atoms with E-state index in [1.807, 2.05) is 4.90 Å². The Balaban J connectivity index is 1.31. The summed E-state index contributed by atoms with van der Waals surface area (Å²) in [7, 11) is 0. The van der Waals surface area contributed by atoms with E-state index in [1.165, 1.54) is 0 Å². The van der Waals surface area contributed by atoms with Gasteiger partial charge in [0.25, 0.3) is 0 Å². The Kier molecular flexibility index (Phi) is 5.51. The summed E-state index contributed by atoms with van der Waals surface area (Å²) in [5.41, 5.74) is 0. The number of piperidine rings is 1. The van der Waals surface area contributed by atoms with Crippen molar-refractivity contribution >= 4 is 5.91 Å². The number of ether oxygens (including phenoxy) is 2. The number of rotatable bonds is 6. The van der Waals surface area contributed by atoms with Crippen LogP contribution in [0.4, 0.5) is 0 Å². The number of hydrogen-bond donors (Lipinski definition) is 0. The molecule has 3 heterocycles. The van der Waals surface area contributed by atoms with Crippen molar-refractivity contribution in [2.75, 3.05) is 32.9 Å². The molecule has 5 nitrogen and oxygen atoms in total. The van der Waals surface area contributed by atoms with Gasteiger partial charge in [-0.1, -0.05) is 0 Å². The molecule has 0 spiro atoms. The Morgan fingerprint density at radius 3 is 2.64 bits per heavy atom. The van der Waals surface area contributed by atoms with Gasteiger partial charge in [-0.3, -0.25) is 4.79 Å². The second-order valence-corrected chi connectivity index (χ2v) is 6.20. The maximum absolute atomic E-state index is 12.2. The molecular formula is C17H26N2O3. The Bertz CT molecular complexity index is 446. The molecule has 0 bridgehead atoms. The summed E-state index contributed by atoms with van der Waals surface area (Å²) >= 11 is 0. The Morgan fingerprint density at radius 1 is 1.18 bits per heavy atom. The van der Waals surface area contributed by atoms with E-state index in [0.717, 1.165) is 45.4 Å². The molecule has 1 aromatic heterocycles. The summed E-state index contributed by atoms with van der Waals surface area (Å²) in [5.74, 6) is 0.221. The summed E-state index contributed by atoms with van der Waals surface area (Å²) < 4.78 is 13.3. The van der Waals surface area contributed by atoms with Gasteiger partial charge in [0.1, 0.15) is 0 Å². The quantitative estimate of drug-likeness (QED) is 0.757. The summed E-state index contributed by atoms with van der Waals surface area (Å²) in [4.78, 5) is 14.2. The summed E-state index contributed by atoms with van der Waals surface area (Å²) in [6, 6.07) is 4.65. The number of nitrogens with zero attached hydrogens (tertiary/aromatic N) is 2. The second kappa shape index (κ2) is 7.79. The van der Waals surface area contributed by atoms with Crippen molar-refractivity contribution in [3.63, 3.8) is 0 Å². The van der Waals surface area contributed by atoms with Crippen LogP contribution < -0.4 is 0 Å². The van der Waals surface area contributed by atoms with Crippen LogP contribution in [0.25, 0.3) is 0 Å². The van der Waals surface area contributed by atoms with Crippen LogP contribution in [0.2, 0.25) is 0 Å². The first kappa shape index (κ1) is 15.6. The third-order valence-electron chi connectivity index (χ3n) is 4.65. The minimum Gasteiger partial charge on any atom is -0.378 e. The zero-order chi connectivity index (χ0) is 15.2. The van der Waals surface area contributed by atoms with Crippen molar-refractivity contribution in [3.8, 4) is 0 Å². The van der Waals surface area contributed by atoms with E-state index in [0.29, 0.717) is 25.7 Å². The summed E-state index contributed by atoms with van der Waals surface area (Å²) in [6.45, 7) is 3.70. The fourth-order valence-electron chi connectivity index (χ4n) is 3.31. The first-order chi connectivity index (χ1) is 10.8. The Labute approximate surface area is 132 Å². The lowest BCUT2D eigenvalue weighted by Gasteiger charge is -2.32. The van der Waals surface area contributed by atoms with Crippen LogP contribution in [0.5, 0.6) is 0 Å². The highest BCUT2D eigenvalue weighted by atomic mass is 16.5. The number of aromatic nitrogens is 1. The van der Waals surface area contributed by atoms with E-state index in [1.54, 1.807) is 0 Å². The molecule has 1 aromatic rings. The summed E-state index contributed by atoms with van der Waals surface area (Å²) in [5, 5.41) is 0. The van der Waals surface area contributed by atoms with Gasteiger partial charge >= 0.3 is 0 Å². The minimum atomic E-state index is 0.221. The average Bonchev–Trinajstić information content (AvgIpc) is 3.25. The van der Waals surface area contributed by atoms with Crippen molar-refractivity contribution in [3.05, 3.63) is 24.5 Å². The highest BCUT2D eigenvalue weighted by Crippen LogP contribution is 2.22. The van der Waals surface area contributed by atoms with Gasteiger partial charge in [0.2, 0.25) is 5.91 Å². The van der Waals surface area contributed by atoms with Crippen molar-refractivity contribution in [1.29, 1.82) is 0 Å². The third kappa shape index (κ3) is 4.11. The van der Waals surface area contributed by atoms with Crippen LogP contribution in [0, 0.1) is 0 Å². The highest BCUT2D eigenvalue weighted by Gasteiger charge is 2.23. The molecule has 1 amide bonds. The molecular weight excluding hydrogens is 280 g/mol. The van der Waals surface area contributed by atoms with Gasteiger partial charge in [-0.05, 0) is 37.8 Å². The van der Waals surface area contributed by atoms with Crippen LogP contribution in [-0.2, 0) is 14.3 Å². The predicted octanol–water partition coefficient (Wildman–Crippen LogP) is 2.24. The molecule has 3 rings (SSSR count). The second-order valence-electron chi connectivity index (χ2n) is 6.20. The van der Waals surface area contributed by atoms with Crippen molar-refractivity contribution in [1.82, 2.24) is 9.47 Å². The van der Waals surface area contributed by atoms with E-state index >= 15 is 0 Å². The summed E-state index contributed by atoms with van der Waals surface area (Å²) in [6.07, 6.45) is 9.24. The lowest BCUT2D eigenvalue weighted by atomic mass is 10.0. The van der Waals surface area contributed by atoms with E-state index in [9.17, 15) is 4.79 Å². The van der Waals surface area contributed by atoms with E-state index in [-0.39, 0.29) is 12.0 Å². The molecule has 2 saturated heterocycles. The first-order valence-corrected chi connectivity index (χ1v) is 8.42. The Morgan fingerprint density at radius 2 is 1.95 bits per heavy atom. The average molecular weight is 306 g/mol. The van der Waals surface area contributed by atoms with Crippen molar-refractivity contribution < 1.29 is 14.3 Å². The Hall–Kier alpha value is -1.33. The predicted molar refractivity (Wildman–Crippen MR) is 83.7 cm³/mol. The fourth-order valence-corrected chi connectivity index (χ4v) is 3.31. The maximum Gasteiger partial charge on any atom is 0.224 e. The van der Waals surface area contributed by atoms with Gasteiger partial charge in [-0.2, -0.15) is 0 Å². The van der Waals surface area contributed by atoms with Crippen LogP contribution in [0.15, 0.2) is 24.5 Å². The van der Waals surface area contributed by atoms with E-state index in [2.05, 4.69) is 29.1 Å². The number of carbonyl (C=O) groups excluding carboxylic acids is 1. The van der Waals surface area contributed by atoms with E-state index < -0.39 is 0 Å². The fraction of sp³-hybridized carbons (Fsp3) is 0.706. The molecule has 0 saturated carbocycles. The minimum absolute atomic E-state index is 0.221. The number of amides is 1. The number of carbonyl (C=O) groups is 1. The monoisotopic (exact) mass is 306 g/mol. The van der Waals surface area contributed by atoms with Gasteiger partial charge in [0, 0.05) is 38.1 Å². The lowest BCUT2D eigenvalue weighted by Crippen LogP contribution is -2.39. The molecule has 0 radical (unpaired) electrons. The van der Waals surface area contributed by atoms with Crippen LogP contribution in [0.3, 0.4) is 0 Å². The molecule has 2 aliphatic heterocycles. The topological polar surface area (TPSA) is 43.7 Å². The van der Waals surface area contributed by atoms with Gasteiger partial charge < -0.3 is 18.9 Å². The molecule has 5 heteroatoms. The van der Waals surface area contributed by atoms with Crippen LogP contribution in [-0.4, -0.2) is 54.4 Å².